The molecule has 0 fully saturated rings. The number of carboxylic acids is 1. The number of oxime groups is 1. The monoisotopic (exact) mass is 313 g/mol. The molecule has 1 heterocycles. The highest BCUT2D eigenvalue weighted by atomic mass is 16.7. The lowest BCUT2D eigenvalue weighted by Gasteiger charge is -2.20. The zero-order chi connectivity index (χ0) is 16.2. The van der Waals surface area contributed by atoms with Crippen LogP contribution in [0.25, 0.3) is 10.8 Å². The third-order valence-corrected chi connectivity index (χ3v) is 4.03. The molecule has 2 aromatic rings. The van der Waals surface area contributed by atoms with E-state index in [2.05, 4.69) is 29.4 Å². The molecule has 0 bridgehead atoms. The minimum atomic E-state index is -1.03. The fourth-order valence-electron chi connectivity index (χ4n) is 2.74. The van der Waals surface area contributed by atoms with Crippen molar-refractivity contribution in [2.24, 2.45) is 5.16 Å². The first kappa shape index (κ1) is 15.5. The van der Waals surface area contributed by atoms with Crippen LogP contribution in [-0.4, -0.2) is 29.0 Å². The Morgan fingerprint density at radius 1 is 1.35 bits per heavy atom. The number of nitrogens with zero attached hydrogens (tertiary/aromatic N) is 1. The molecule has 0 saturated carbocycles. The third-order valence-electron chi connectivity index (χ3n) is 4.03. The summed E-state index contributed by atoms with van der Waals surface area (Å²) in [5, 5.41) is 14.9. The SMILES string of the molecule is CCC(OCc1ccc2ccccc2c1)C1CC(C(=O)O)=NO1. The molecule has 0 aliphatic carbocycles. The number of carbonyl (C=O) groups is 1. The van der Waals surface area contributed by atoms with Gasteiger partial charge in [0.15, 0.2) is 11.8 Å². The van der Waals surface area contributed by atoms with Gasteiger partial charge in [0.05, 0.1) is 12.7 Å². The number of hydrogen-bond acceptors (Lipinski definition) is 4. The lowest BCUT2D eigenvalue weighted by molar-refractivity contribution is -0.129. The van der Waals surface area contributed by atoms with Gasteiger partial charge in [0, 0.05) is 6.42 Å². The molecule has 5 heteroatoms. The van der Waals surface area contributed by atoms with Crippen LogP contribution in [0.4, 0.5) is 0 Å². The molecule has 0 spiro atoms. The Morgan fingerprint density at radius 2 is 2.13 bits per heavy atom. The van der Waals surface area contributed by atoms with Crippen LogP contribution in [0.15, 0.2) is 47.6 Å². The van der Waals surface area contributed by atoms with Crippen LogP contribution < -0.4 is 0 Å². The predicted octanol–water partition coefficient (Wildman–Crippen LogP) is 3.36. The van der Waals surface area contributed by atoms with Gasteiger partial charge in [-0.25, -0.2) is 4.79 Å². The van der Waals surface area contributed by atoms with Gasteiger partial charge < -0.3 is 14.7 Å². The topological polar surface area (TPSA) is 68.1 Å². The number of rotatable bonds is 6. The van der Waals surface area contributed by atoms with Crippen LogP contribution in [0.3, 0.4) is 0 Å². The van der Waals surface area contributed by atoms with Crippen molar-refractivity contribution in [1.82, 2.24) is 0 Å². The lowest BCUT2D eigenvalue weighted by atomic mass is 10.1. The summed E-state index contributed by atoms with van der Waals surface area (Å²) < 4.78 is 5.95. The molecule has 120 valence electrons. The smallest absolute Gasteiger partial charge is 0.353 e. The van der Waals surface area contributed by atoms with Crippen LogP contribution in [0.1, 0.15) is 25.3 Å². The van der Waals surface area contributed by atoms with Gasteiger partial charge >= 0.3 is 5.97 Å². The molecule has 23 heavy (non-hydrogen) atoms. The highest BCUT2D eigenvalue weighted by Crippen LogP contribution is 2.21. The van der Waals surface area contributed by atoms with Crippen LogP contribution >= 0.6 is 0 Å². The first-order valence-electron chi connectivity index (χ1n) is 7.72. The van der Waals surface area contributed by atoms with Gasteiger partial charge in [0.1, 0.15) is 0 Å². The average Bonchev–Trinajstić information content (AvgIpc) is 3.05. The minimum Gasteiger partial charge on any atom is -0.477 e. The highest BCUT2D eigenvalue weighted by molar-refractivity contribution is 6.35. The van der Waals surface area contributed by atoms with Gasteiger partial charge in [0.2, 0.25) is 0 Å². The fourth-order valence-corrected chi connectivity index (χ4v) is 2.74. The lowest BCUT2D eigenvalue weighted by Crippen LogP contribution is -2.29. The molecule has 1 N–H and O–H groups in total. The average molecular weight is 313 g/mol. The Kier molecular flexibility index (Phi) is 4.57. The number of aliphatic carboxylic acids is 1. The number of fused-ring (bicyclic) bond motifs is 1. The maximum atomic E-state index is 10.9. The molecular formula is C18H19NO4. The molecule has 5 nitrogen and oxygen atoms in total. The standard InChI is InChI=1S/C18H19NO4/c1-2-16(17-10-15(18(20)21)19-23-17)22-11-12-7-8-13-5-3-4-6-14(13)9-12/h3-9,16-17H,2,10-11H2,1H3,(H,20,21). The summed E-state index contributed by atoms with van der Waals surface area (Å²) in [6.45, 7) is 2.46. The van der Waals surface area contributed by atoms with Gasteiger partial charge in [-0.15, -0.1) is 0 Å². The van der Waals surface area contributed by atoms with Gasteiger partial charge in [-0.1, -0.05) is 48.5 Å². The van der Waals surface area contributed by atoms with E-state index in [4.69, 9.17) is 14.7 Å². The second-order valence-corrected chi connectivity index (χ2v) is 5.63. The van der Waals surface area contributed by atoms with Crippen LogP contribution in [-0.2, 0) is 21.0 Å². The molecule has 0 amide bonds. The highest BCUT2D eigenvalue weighted by Gasteiger charge is 2.32. The van der Waals surface area contributed by atoms with E-state index >= 15 is 0 Å². The molecule has 1 aliphatic heterocycles. The number of hydrogen-bond donors (Lipinski definition) is 1. The summed E-state index contributed by atoms with van der Waals surface area (Å²) in [6.07, 6.45) is 0.514. The third kappa shape index (κ3) is 3.51. The largest absolute Gasteiger partial charge is 0.477 e. The van der Waals surface area contributed by atoms with Crippen molar-refractivity contribution < 1.29 is 19.5 Å². The van der Waals surface area contributed by atoms with E-state index in [1.54, 1.807) is 0 Å². The van der Waals surface area contributed by atoms with E-state index in [-0.39, 0.29) is 24.3 Å². The van der Waals surface area contributed by atoms with Crippen molar-refractivity contribution in [2.45, 2.75) is 38.6 Å². The minimum absolute atomic E-state index is 0.0581. The first-order valence-corrected chi connectivity index (χ1v) is 7.72. The van der Waals surface area contributed by atoms with E-state index in [1.807, 2.05) is 25.1 Å². The van der Waals surface area contributed by atoms with Crippen molar-refractivity contribution in [1.29, 1.82) is 0 Å². The zero-order valence-electron chi connectivity index (χ0n) is 12.9. The molecule has 0 saturated heterocycles. The van der Waals surface area contributed by atoms with Gasteiger partial charge in [0.25, 0.3) is 0 Å². The zero-order valence-corrected chi connectivity index (χ0v) is 12.9. The van der Waals surface area contributed by atoms with Crippen LogP contribution in [0, 0.1) is 0 Å². The quantitative estimate of drug-likeness (QED) is 0.888. The Balaban J connectivity index is 1.62. The number of ether oxygens (including phenoxy) is 1. The van der Waals surface area contributed by atoms with Gasteiger partial charge in [-0.3, -0.25) is 0 Å². The van der Waals surface area contributed by atoms with E-state index in [0.717, 1.165) is 12.0 Å². The van der Waals surface area contributed by atoms with E-state index in [1.165, 1.54) is 10.8 Å². The Bertz CT molecular complexity index is 741. The summed E-state index contributed by atoms with van der Waals surface area (Å²) in [5.41, 5.74) is 1.14. The molecule has 2 unspecified atom stereocenters. The van der Waals surface area contributed by atoms with Crippen molar-refractivity contribution in [3.63, 3.8) is 0 Å². The van der Waals surface area contributed by atoms with Crippen molar-refractivity contribution in [3.05, 3.63) is 48.0 Å². The number of benzene rings is 2. The Hall–Kier alpha value is -2.40. The molecule has 3 rings (SSSR count). The predicted molar refractivity (Wildman–Crippen MR) is 87.4 cm³/mol. The van der Waals surface area contributed by atoms with Crippen molar-refractivity contribution >= 4 is 22.5 Å². The summed E-state index contributed by atoms with van der Waals surface area (Å²) in [6, 6.07) is 14.4. The molecule has 2 atom stereocenters. The fraction of sp³-hybridized carbons (Fsp3) is 0.333. The second-order valence-electron chi connectivity index (χ2n) is 5.63. The van der Waals surface area contributed by atoms with Gasteiger partial charge in [-0.05, 0) is 28.8 Å². The van der Waals surface area contributed by atoms with Gasteiger partial charge in [-0.2, -0.15) is 0 Å². The maximum Gasteiger partial charge on any atom is 0.353 e. The Morgan fingerprint density at radius 3 is 2.83 bits per heavy atom. The summed E-state index contributed by atoms with van der Waals surface area (Å²) in [5.74, 6) is -1.03. The van der Waals surface area contributed by atoms with Crippen LogP contribution in [0.2, 0.25) is 0 Å². The molecule has 0 radical (unpaired) electrons. The molecule has 2 aromatic carbocycles. The summed E-state index contributed by atoms with van der Waals surface area (Å²) in [4.78, 5) is 16.1. The summed E-state index contributed by atoms with van der Waals surface area (Å²) >= 11 is 0. The van der Waals surface area contributed by atoms with E-state index in [9.17, 15) is 4.79 Å². The van der Waals surface area contributed by atoms with Crippen LogP contribution in [0.5, 0.6) is 0 Å². The first-order chi connectivity index (χ1) is 11.2. The number of carboxylic acid groups (broad SMARTS) is 1. The molecule has 0 aromatic heterocycles. The summed E-state index contributed by atoms with van der Waals surface area (Å²) in [7, 11) is 0. The van der Waals surface area contributed by atoms with E-state index < -0.39 is 5.97 Å². The van der Waals surface area contributed by atoms with Crippen molar-refractivity contribution in [3.8, 4) is 0 Å². The normalized spacial score (nSPS) is 18.5. The second kappa shape index (κ2) is 6.79. The van der Waals surface area contributed by atoms with Crippen molar-refractivity contribution in [2.75, 3.05) is 0 Å². The molecular weight excluding hydrogens is 294 g/mol. The Labute approximate surface area is 134 Å². The molecule has 1 aliphatic rings. The maximum absolute atomic E-state index is 10.9. The van der Waals surface area contributed by atoms with E-state index in [0.29, 0.717) is 6.61 Å².